The smallest absolute Gasteiger partial charge is 0.0314 e. The van der Waals surface area contributed by atoms with Crippen LogP contribution in [0.5, 0.6) is 0 Å². The van der Waals surface area contributed by atoms with E-state index in [0.29, 0.717) is 0 Å². The van der Waals surface area contributed by atoms with Crippen LogP contribution in [0.1, 0.15) is 13.8 Å². The van der Waals surface area contributed by atoms with Gasteiger partial charge in [0.25, 0.3) is 0 Å². The number of nitrogens with two attached hydrogens (primary N) is 1. The SMILES string of the molecule is CCP(CC)c1ccc(N)cc1. The summed E-state index contributed by atoms with van der Waals surface area (Å²) in [6, 6.07) is 8.31. The Morgan fingerprint density at radius 2 is 1.58 bits per heavy atom. The topological polar surface area (TPSA) is 26.0 Å². The average molecular weight is 181 g/mol. The average Bonchev–Trinajstić information content (AvgIpc) is 2.10. The van der Waals surface area contributed by atoms with E-state index in [-0.39, 0.29) is 7.92 Å². The number of rotatable bonds is 3. The molecule has 0 aliphatic heterocycles. The monoisotopic (exact) mass is 181 g/mol. The second kappa shape index (κ2) is 4.47. The van der Waals surface area contributed by atoms with E-state index in [9.17, 15) is 0 Å². The molecule has 66 valence electrons. The molecule has 1 nitrogen and oxygen atoms in total. The maximum atomic E-state index is 5.62. The molecule has 0 aliphatic carbocycles. The standard InChI is InChI=1S/C10H16NP/c1-3-12(4-2)10-7-5-9(11)6-8-10/h5-8H,3-4,11H2,1-2H3. The van der Waals surface area contributed by atoms with Gasteiger partial charge in [-0.1, -0.05) is 33.9 Å². The van der Waals surface area contributed by atoms with Crippen molar-refractivity contribution in [3.8, 4) is 0 Å². The van der Waals surface area contributed by atoms with Crippen molar-refractivity contribution in [1.29, 1.82) is 0 Å². The number of benzene rings is 1. The van der Waals surface area contributed by atoms with Gasteiger partial charge in [0.2, 0.25) is 0 Å². The summed E-state index contributed by atoms with van der Waals surface area (Å²) in [7, 11) is 0.0807. The molecule has 0 aromatic heterocycles. The molecule has 1 aromatic rings. The molecule has 0 saturated carbocycles. The van der Waals surface area contributed by atoms with Gasteiger partial charge in [-0.15, -0.1) is 0 Å². The van der Waals surface area contributed by atoms with Crippen LogP contribution in [0.3, 0.4) is 0 Å². The molecule has 0 spiro atoms. The third-order valence-electron chi connectivity index (χ3n) is 2.02. The van der Waals surface area contributed by atoms with Crippen LogP contribution in [0.15, 0.2) is 24.3 Å². The number of hydrogen-bond donors (Lipinski definition) is 1. The number of hydrogen-bond acceptors (Lipinski definition) is 1. The van der Waals surface area contributed by atoms with E-state index in [2.05, 4.69) is 26.0 Å². The van der Waals surface area contributed by atoms with Crippen molar-refractivity contribution < 1.29 is 0 Å². The number of nitrogen functional groups attached to an aromatic ring is 1. The fourth-order valence-electron chi connectivity index (χ4n) is 1.27. The zero-order chi connectivity index (χ0) is 8.97. The first kappa shape index (κ1) is 9.54. The lowest BCUT2D eigenvalue weighted by Crippen LogP contribution is -2.03. The summed E-state index contributed by atoms with van der Waals surface area (Å²) in [5.41, 5.74) is 6.48. The second-order valence-corrected chi connectivity index (χ2v) is 5.62. The van der Waals surface area contributed by atoms with Gasteiger partial charge in [0, 0.05) is 5.69 Å². The van der Waals surface area contributed by atoms with E-state index in [1.165, 1.54) is 17.6 Å². The van der Waals surface area contributed by atoms with E-state index in [4.69, 9.17) is 5.73 Å². The minimum atomic E-state index is 0.0807. The Balaban J connectivity index is 2.80. The van der Waals surface area contributed by atoms with E-state index >= 15 is 0 Å². The summed E-state index contributed by atoms with van der Waals surface area (Å²) >= 11 is 0. The van der Waals surface area contributed by atoms with Crippen molar-refractivity contribution in [2.24, 2.45) is 0 Å². The maximum Gasteiger partial charge on any atom is 0.0314 e. The van der Waals surface area contributed by atoms with Gasteiger partial charge >= 0.3 is 0 Å². The Morgan fingerprint density at radius 3 is 2.00 bits per heavy atom. The van der Waals surface area contributed by atoms with Gasteiger partial charge < -0.3 is 5.73 Å². The van der Waals surface area contributed by atoms with Crippen molar-refractivity contribution in [3.05, 3.63) is 24.3 Å². The van der Waals surface area contributed by atoms with E-state index in [0.717, 1.165) is 5.69 Å². The second-order valence-electron chi connectivity index (χ2n) is 2.76. The highest BCUT2D eigenvalue weighted by atomic mass is 31.1. The highest BCUT2D eigenvalue weighted by molar-refractivity contribution is 7.65. The quantitative estimate of drug-likeness (QED) is 0.562. The lowest BCUT2D eigenvalue weighted by atomic mass is 10.3. The lowest BCUT2D eigenvalue weighted by Gasteiger charge is -2.13. The van der Waals surface area contributed by atoms with Crippen LogP contribution in [-0.4, -0.2) is 12.3 Å². The van der Waals surface area contributed by atoms with Crippen molar-refractivity contribution >= 4 is 18.9 Å². The molecule has 0 amide bonds. The fraction of sp³-hybridized carbons (Fsp3) is 0.400. The van der Waals surface area contributed by atoms with Gasteiger partial charge in [-0.3, -0.25) is 0 Å². The van der Waals surface area contributed by atoms with Crippen LogP contribution in [0.2, 0.25) is 0 Å². The van der Waals surface area contributed by atoms with Crippen LogP contribution >= 0.6 is 7.92 Å². The van der Waals surface area contributed by atoms with Crippen molar-refractivity contribution in [1.82, 2.24) is 0 Å². The van der Waals surface area contributed by atoms with Crippen LogP contribution < -0.4 is 11.0 Å². The highest BCUT2D eigenvalue weighted by Crippen LogP contribution is 2.32. The fourth-order valence-corrected chi connectivity index (χ4v) is 3.02. The molecule has 0 heterocycles. The molecule has 0 atom stereocenters. The predicted octanol–water partition coefficient (Wildman–Crippen LogP) is 2.42. The van der Waals surface area contributed by atoms with Gasteiger partial charge in [0.1, 0.15) is 0 Å². The molecule has 1 aromatic carbocycles. The van der Waals surface area contributed by atoms with Crippen molar-refractivity contribution in [2.75, 3.05) is 18.1 Å². The Morgan fingerprint density at radius 1 is 1.08 bits per heavy atom. The largest absolute Gasteiger partial charge is 0.399 e. The summed E-state index contributed by atoms with van der Waals surface area (Å²) in [6.45, 7) is 4.51. The normalized spacial score (nSPS) is 10.6. The molecular formula is C10H16NP. The lowest BCUT2D eigenvalue weighted by molar-refractivity contribution is 1.42. The van der Waals surface area contributed by atoms with Crippen LogP contribution in [-0.2, 0) is 0 Å². The molecule has 0 fully saturated rings. The third-order valence-corrected chi connectivity index (χ3v) is 4.58. The number of anilines is 1. The third kappa shape index (κ3) is 2.22. The first-order chi connectivity index (χ1) is 5.77. The first-order valence-corrected chi connectivity index (χ1v) is 6.09. The summed E-state index contributed by atoms with van der Waals surface area (Å²) < 4.78 is 0. The Labute approximate surface area is 75.7 Å². The van der Waals surface area contributed by atoms with Gasteiger partial charge in [0.15, 0.2) is 0 Å². The van der Waals surface area contributed by atoms with Crippen LogP contribution in [0, 0.1) is 0 Å². The van der Waals surface area contributed by atoms with Gasteiger partial charge in [0.05, 0.1) is 0 Å². The Hall–Kier alpha value is -0.550. The summed E-state index contributed by atoms with van der Waals surface area (Å²) in [4.78, 5) is 0. The van der Waals surface area contributed by atoms with Gasteiger partial charge in [-0.25, -0.2) is 0 Å². The van der Waals surface area contributed by atoms with Gasteiger partial charge in [-0.05, 0) is 29.8 Å². The molecule has 0 aliphatic rings. The summed E-state index contributed by atoms with van der Waals surface area (Å²) in [6.07, 6.45) is 2.55. The molecule has 0 unspecified atom stereocenters. The highest BCUT2D eigenvalue weighted by Gasteiger charge is 2.04. The van der Waals surface area contributed by atoms with E-state index in [1.807, 2.05) is 12.1 Å². The van der Waals surface area contributed by atoms with Gasteiger partial charge in [-0.2, -0.15) is 0 Å². The van der Waals surface area contributed by atoms with Crippen LogP contribution in [0.25, 0.3) is 0 Å². The molecule has 12 heavy (non-hydrogen) atoms. The van der Waals surface area contributed by atoms with Crippen LogP contribution in [0.4, 0.5) is 5.69 Å². The van der Waals surface area contributed by atoms with Crippen molar-refractivity contribution in [2.45, 2.75) is 13.8 Å². The van der Waals surface area contributed by atoms with E-state index in [1.54, 1.807) is 0 Å². The minimum Gasteiger partial charge on any atom is -0.399 e. The first-order valence-electron chi connectivity index (χ1n) is 4.38. The summed E-state index contributed by atoms with van der Waals surface area (Å²) in [5.74, 6) is 0. The molecule has 2 heteroatoms. The Kier molecular flexibility index (Phi) is 3.55. The summed E-state index contributed by atoms with van der Waals surface area (Å²) in [5, 5.41) is 1.48. The van der Waals surface area contributed by atoms with E-state index < -0.39 is 0 Å². The molecule has 1 rings (SSSR count). The molecule has 2 N–H and O–H groups in total. The minimum absolute atomic E-state index is 0.0807. The van der Waals surface area contributed by atoms with Crippen molar-refractivity contribution in [3.63, 3.8) is 0 Å². The predicted molar refractivity (Wildman–Crippen MR) is 58.5 cm³/mol. The zero-order valence-corrected chi connectivity index (χ0v) is 8.64. The maximum absolute atomic E-state index is 5.62. The molecule has 0 saturated heterocycles. The molecule has 0 bridgehead atoms. The Bertz CT molecular complexity index is 226. The molecular weight excluding hydrogens is 165 g/mol. The molecule has 0 radical (unpaired) electrons. The zero-order valence-electron chi connectivity index (χ0n) is 7.75.